The zero-order valence-corrected chi connectivity index (χ0v) is 25.6. The molecular weight excluding hydrogens is 548 g/mol. The molecule has 0 spiro atoms. The number of aromatic carboxylic acids is 1. The van der Waals surface area contributed by atoms with E-state index >= 15 is 0 Å². The van der Waals surface area contributed by atoms with Gasteiger partial charge in [-0.05, 0) is 79.3 Å². The van der Waals surface area contributed by atoms with E-state index in [1.807, 2.05) is 19.4 Å². The van der Waals surface area contributed by atoms with Gasteiger partial charge in [0.1, 0.15) is 0 Å². The number of carbonyl (C=O) groups excluding carboxylic acids is 1. The number of hydrogen-bond donors (Lipinski definition) is 2. The van der Waals surface area contributed by atoms with Gasteiger partial charge in [-0.15, -0.1) is 0 Å². The fourth-order valence-corrected chi connectivity index (χ4v) is 5.72. The lowest BCUT2D eigenvalue weighted by Gasteiger charge is -2.26. The summed E-state index contributed by atoms with van der Waals surface area (Å²) in [6.07, 6.45) is 20.1. The van der Waals surface area contributed by atoms with Crippen molar-refractivity contribution in [3.05, 3.63) is 76.8 Å². The topological polar surface area (TPSA) is 95.4 Å². The van der Waals surface area contributed by atoms with Crippen molar-refractivity contribution in [2.45, 2.75) is 89.5 Å². The van der Waals surface area contributed by atoms with Crippen LogP contribution in [0.2, 0.25) is 5.02 Å². The van der Waals surface area contributed by atoms with E-state index in [1.54, 1.807) is 11.0 Å². The minimum atomic E-state index is -1.11. The summed E-state index contributed by atoms with van der Waals surface area (Å²) in [6, 6.07) is 11.8. The molecule has 8 heteroatoms. The van der Waals surface area contributed by atoms with E-state index < -0.39 is 5.97 Å². The number of aromatic nitrogens is 2. The van der Waals surface area contributed by atoms with Crippen LogP contribution in [-0.4, -0.2) is 40.5 Å². The van der Waals surface area contributed by atoms with Crippen molar-refractivity contribution in [2.24, 2.45) is 0 Å². The highest BCUT2D eigenvalue weighted by molar-refractivity contribution is 6.33. The zero-order valence-electron chi connectivity index (χ0n) is 24.9. The highest BCUT2D eigenvalue weighted by atomic mass is 35.5. The first-order chi connectivity index (χ1) is 20.3. The van der Waals surface area contributed by atoms with Gasteiger partial charge in [0.05, 0.1) is 5.02 Å². The Kier molecular flexibility index (Phi) is 11.5. The maximum Gasteiger partial charge on any atom is 0.356 e. The van der Waals surface area contributed by atoms with E-state index in [-0.39, 0.29) is 22.2 Å². The molecule has 1 amide bonds. The Hall–Kier alpha value is -3.29. The quantitative estimate of drug-likeness (QED) is 0.197. The van der Waals surface area contributed by atoms with Gasteiger partial charge in [-0.3, -0.25) is 9.78 Å². The van der Waals surface area contributed by atoms with E-state index in [9.17, 15) is 9.59 Å². The average molecular weight is 591 g/mol. The molecule has 0 radical (unpaired) electrons. The highest BCUT2D eigenvalue weighted by Crippen LogP contribution is 2.46. The molecule has 0 atom stereocenters. The number of nitrogens with zero attached hydrogens (tertiary/aromatic N) is 3. The van der Waals surface area contributed by atoms with Gasteiger partial charge in [-0.2, -0.15) is 0 Å². The lowest BCUT2D eigenvalue weighted by Crippen LogP contribution is -2.31. The van der Waals surface area contributed by atoms with Gasteiger partial charge >= 0.3 is 5.97 Å². The smallest absolute Gasteiger partial charge is 0.356 e. The molecule has 1 fully saturated rings. The first kappa shape index (κ1) is 31.6. The van der Waals surface area contributed by atoms with Crippen LogP contribution < -0.4 is 10.2 Å². The maximum absolute atomic E-state index is 12.0. The molecule has 1 saturated carbocycles. The maximum atomic E-state index is 12.0. The van der Waals surface area contributed by atoms with Crippen LogP contribution in [0.1, 0.15) is 99.2 Å². The lowest BCUT2D eigenvalue weighted by molar-refractivity contribution is -0.118. The molecular formula is C34H43ClN4O3. The van der Waals surface area contributed by atoms with Gasteiger partial charge < -0.3 is 15.3 Å². The van der Waals surface area contributed by atoms with Crippen molar-refractivity contribution < 1.29 is 14.7 Å². The van der Waals surface area contributed by atoms with Crippen molar-refractivity contribution in [3.8, 4) is 11.1 Å². The van der Waals surface area contributed by atoms with E-state index in [0.717, 1.165) is 18.7 Å². The van der Waals surface area contributed by atoms with Crippen molar-refractivity contribution in [3.63, 3.8) is 0 Å². The molecule has 0 bridgehead atoms. The fourth-order valence-electron chi connectivity index (χ4n) is 5.52. The predicted molar refractivity (Wildman–Crippen MR) is 169 cm³/mol. The number of anilines is 1. The van der Waals surface area contributed by atoms with Gasteiger partial charge in [-0.25, -0.2) is 9.78 Å². The van der Waals surface area contributed by atoms with Gasteiger partial charge in [0.2, 0.25) is 5.91 Å². The van der Waals surface area contributed by atoms with Crippen LogP contribution in [0.25, 0.3) is 11.1 Å². The molecule has 42 heavy (non-hydrogen) atoms. The number of unbranched alkanes of at least 4 members (excludes halogenated alkanes) is 7. The number of amides is 1. The number of hydrogen-bond acceptors (Lipinski definition) is 5. The average Bonchev–Trinajstić information content (AvgIpc) is 3.80. The van der Waals surface area contributed by atoms with Crippen LogP contribution in [0.15, 0.2) is 55.0 Å². The molecule has 7 nitrogen and oxygen atoms in total. The molecule has 2 aliphatic rings. The van der Waals surface area contributed by atoms with Gasteiger partial charge in [0.25, 0.3) is 0 Å². The number of aryl methyl sites for hydroxylation is 1. The van der Waals surface area contributed by atoms with Gasteiger partial charge in [0, 0.05) is 48.8 Å². The summed E-state index contributed by atoms with van der Waals surface area (Å²) in [6.45, 7) is 3.37. The summed E-state index contributed by atoms with van der Waals surface area (Å²) in [4.78, 5) is 32.2. The van der Waals surface area contributed by atoms with Crippen LogP contribution in [0.5, 0.6) is 0 Å². The van der Waals surface area contributed by atoms with E-state index in [1.165, 1.54) is 98.7 Å². The van der Waals surface area contributed by atoms with E-state index in [2.05, 4.69) is 46.5 Å². The Morgan fingerprint density at radius 1 is 1.00 bits per heavy atom. The molecule has 0 saturated heterocycles. The molecule has 2 aromatic heterocycles. The molecule has 1 aliphatic carbocycles. The Morgan fingerprint density at radius 2 is 1.74 bits per heavy atom. The number of halogens is 1. The monoisotopic (exact) mass is 590 g/mol. The first-order valence-electron chi connectivity index (χ1n) is 15.3. The molecule has 1 aliphatic heterocycles. The van der Waals surface area contributed by atoms with Crippen molar-refractivity contribution in [2.75, 3.05) is 18.5 Å². The summed E-state index contributed by atoms with van der Waals surface area (Å²) in [5.41, 5.74) is 6.00. The number of benzene rings is 1. The Balaban J connectivity index is 0.000000343. The molecule has 5 rings (SSSR count). The Labute approximate surface area is 254 Å². The third kappa shape index (κ3) is 8.39. The second kappa shape index (κ2) is 15.3. The summed E-state index contributed by atoms with van der Waals surface area (Å²) in [7, 11) is 1.87. The minimum absolute atomic E-state index is 0.107. The molecule has 224 valence electrons. The van der Waals surface area contributed by atoms with Crippen LogP contribution in [0, 0.1) is 0 Å². The largest absolute Gasteiger partial charge is 0.476 e. The van der Waals surface area contributed by atoms with E-state index in [4.69, 9.17) is 16.7 Å². The normalized spacial score (nSPS) is 15.0. The van der Waals surface area contributed by atoms with Crippen molar-refractivity contribution >= 4 is 29.2 Å². The van der Waals surface area contributed by atoms with Crippen LogP contribution >= 0.6 is 11.6 Å². The van der Waals surface area contributed by atoms with Crippen LogP contribution in [-0.2, 0) is 16.8 Å². The number of pyridine rings is 2. The zero-order chi connectivity index (χ0) is 30.0. The molecule has 3 aromatic rings. The first-order valence-corrected chi connectivity index (χ1v) is 15.7. The predicted octanol–water partition coefficient (Wildman–Crippen LogP) is 7.81. The summed E-state index contributed by atoms with van der Waals surface area (Å²) in [5.74, 6) is -0.905. The second-order valence-electron chi connectivity index (χ2n) is 11.4. The standard InChI is InChI=1S/C28H39N3O.C6H4ClNO2/c1-3-4-5-6-7-8-9-10-17-30-28(15-16-28)25-19-24(20-29-21-25)22-11-13-26-23(18-22)12-14-27(32)31(26)2;7-4-2-1-3-8-5(4)6(9)10/h11,13,18-21,30H,3-10,12,14-17H2,1-2H3;1-3H,(H,9,10). The van der Waals surface area contributed by atoms with Crippen LogP contribution in [0.3, 0.4) is 0 Å². The molecule has 0 unspecified atom stereocenters. The number of carboxylic acids is 1. The number of carbonyl (C=O) groups is 2. The second-order valence-corrected chi connectivity index (χ2v) is 11.8. The van der Waals surface area contributed by atoms with E-state index in [0.29, 0.717) is 6.42 Å². The van der Waals surface area contributed by atoms with Crippen LogP contribution in [0.4, 0.5) is 5.69 Å². The fraction of sp³-hybridized carbons (Fsp3) is 0.471. The molecule has 2 N–H and O–H groups in total. The third-order valence-corrected chi connectivity index (χ3v) is 8.56. The summed E-state index contributed by atoms with van der Waals surface area (Å²) in [5, 5.41) is 12.4. The number of rotatable bonds is 13. The number of nitrogens with one attached hydrogen (secondary N) is 1. The highest BCUT2D eigenvalue weighted by Gasteiger charge is 2.44. The lowest BCUT2D eigenvalue weighted by atomic mass is 9.95. The Morgan fingerprint density at radius 3 is 2.40 bits per heavy atom. The SMILES string of the molecule is CCCCCCCCCCNC1(c2cncc(-c3ccc4c(c3)CCC(=O)N4C)c2)CC1.O=C(O)c1ncccc1Cl. The summed E-state index contributed by atoms with van der Waals surface area (Å²) < 4.78 is 0. The van der Waals surface area contributed by atoms with Crippen molar-refractivity contribution in [1.82, 2.24) is 15.3 Å². The molecule has 1 aromatic carbocycles. The minimum Gasteiger partial charge on any atom is -0.476 e. The summed E-state index contributed by atoms with van der Waals surface area (Å²) >= 11 is 5.48. The van der Waals surface area contributed by atoms with Gasteiger partial charge in [-0.1, -0.05) is 69.5 Å². The number of carboxylic acid groups (broad SMARTS) is 1. The van der Waals surface area contributed by atoms with Crippen molar-refractivity contribution in [1.29, 1.82) is 0 Å². The molecule has 3 heterocycles. The van der Waals surface area contributed by atoms with Gasteiger partial charge in [0.15, 0.2) is 5.69 Å². The third-order valence-electron chi connectivity index (χ3n) is 8.25. The Bertz CT molecular complexity index is 1360. The number of fused-ring (bicyclic) bond motifs is 1.